The Kier molecular flexibility index (Phi) is 6.38. The molecule has 0 spiro atoms. The molecule has 0 atom stereocenters. The lowest BCUT2D eigenvalue weighted by atomic mass is 9.96. The van der Waals surface area contributed by atoms with Crippen molar-refractivity contribution in [2.45, 2.75) is 57.4 Å². The Labute approximate surface area is 127 Å². The summed E-state index contributed by atoms with van der Waals surface area (Å²) in [5.74, 6) is 0.804. The average molecular weight is 290 g/mol. The molecule has 4 heteroatoms. The number of ether oxygens (including phenoxy) is 1. The highest BCUT2D eigenvalue weighted by atomic mass is 16.5. The summed E-state index contributed by atoms with van der Waals surface area (Å²) in [7, 11) is 0. The van der Waals surface area contributed by atoms with Crippen molar-refractivity contribution in [1.82, 2.24) is 5.32 Å². The molecule has 0 aromatic heterocycles. The van der Waals surface area contributed by atoms with Gasteiger partial charge in [-0.25, -0.2) is 0 Å². The van der Waals surface area contributed by atoms with Gasteiger partial charge in [0, 0.05) is 17.8 Å². The summed E-state index contributed by atoms with van der Waals surface area (Å²) in [6, 6.07) is 7.63. The van der Waals surface area contributed by atoms with Gasteiger partial charge in [-0.2, -0.15) is 0 Å². The molecule has 0 aliphatic heterocycles. The third kappa shape index (κ3) is 6.06. The van der Waals surface area contributed by atoms with E-state index >= 15 is 0 Å². The van der Waals surface area contributed by atoms with Crippen LogP contribution in [0.4, 0.5) is 5.69 Å². The van der Waals surface area contributed by atoms with Crippen molar-refractivity contribution in [3.63, 3.8) is 0 Å². The van der Waals surface area contributed by atoms with Crippen molar-refractivity contribution in [2.75, 3.05) is 12.3 Å². The van der Waals surface area contributed by atoms with Gasteiger partial charge in [-0.05, 0) is 25.0 Å². The first-order valence-corrected chi connectivity index (χ1v) is 8.02. The number of nitrogens with one attached hydrogen (secondary N) is 1. The van der Waals surface area contributed by atoms with Gasteiger partial charge >= 0.3 is 0 Å². The first kappa shape index (κ1) is 15.7. The molecule has 1 aliphatic rings. The van der Waals surface area contributed by atoms with Gasteiger partial charge in [0.15, 0.2) is 0 Å². The molecule has 116 valence electrons. The second kappa shape index (κ2) is 8.55. The molecule has 0 heterocycles. The van der Waals surface area contributed by atoms with Crippen LogP contribution in [-0.2, 0) is 4.79 Å². The van der Waals surface area contributed by atoms with Gasteiger partial charge in [-0.15, -0.1) is 0 Å². The molecule has 1 aliphatic carbocycles. The van der Waals surface area contributed by atoms with Crippen LogP contribution >= 0.6 is 0 Å². The van der Waals surface area contributed by atoms with E-state index in [0.29, 0.717) is 30.5 Å². The van der Waals surface area contributed by atoms with Gasteiger partial charge in [0.2, 0.25) is 5.91 Å². The predicted octanol–water partition coefficient (Wildman–Crippen LogP) is 3.27. The van der Waals surface area contributed by atoms with Crippen molar-refractivity contribution in [2.24, 2.45) is 0 Å². The van der Waals surface area contributed by atoms with Crippen LogP contribution in [0.15, 0.2) is 24.3 Å². The molecule has 3 N–H and O–H groups in total. The van der Waals surface area contributed by atoms with Crippen LogP contribution in [0.25, 0.3) is 0 Å². The Hall–Kier alpha value is -1.71. The van der Waals surface area contributed by atoms with Crippen LogP contribution in [0.3, 0.4) is 0 Å². The lowest BCUT2D eigenvalue weighted by molar-refractivity contribution is -0.122. The largest absolute Gasteiger partial charge is 0.493 e. The molecule has 4 nitrogen and oxygen atoms in total. The molecule has 21 heavy (non-hydrogen) atoms. The number of hydrogen-bond donors (Lipinski definition) is 2. The van der Waals surface area contributed by atoms with Crippen LogP contribution in [0, 0.1) is 0 Å². The second-order valence-corrected chi connectivity index (χ2v) is 5.78. The fraction of sp³-hybridized carbons (Fsp3) is 0.588. The topological polar surface area (TPSA) is 64.3 Å². The number of carbonyl (C=O) groups is 1. The Bertz CT molecular complexity index is 440. The van der Waals surface area contributed by atoms with Crippen molar-refractivity contribution in [3.05, 3.63) is 24.3 Å². The maximum atomic E-state index is 12.0. The van der Waals surface area contributed by atoms with Gasteiger partial charge in [0.05, 0.1) is 13.0 Å². The van der Waals surface area contributed by atoms with E-state index < -0.39 is 0 Å². The van der Waals surface area contributed by atoms with E-state index in [0.717, 1.165) is 12.8 Å². The van der Waals surface area contributed by atoms with Gasteiger partial charge in [0.1, 0.15) is 5.75 Å². The number of hydrogen-bond acceptors (Lipinski definition) is 3. The molecule has 0 unspecified atom stereocenters. The van der Waals surface area contributed by atoms with Gasteiger partial charge < -0.3 is 15.8 Å². The standard InChI is InChI=1S/C17H26N2O2/c18-14-7-6-10-16(13-14)21-12-11-17(20)19-15-8-4-2-1-3-5-9-15/h6-7,10,13,15H,1-5,8-9,11-12,18H2,(H,19,20). The highest BCUT2D eigenvalue weighted by molar-refractivity contribution is 5.76. The predicted molar refractivity (Wildman–Crippen MR) is 85.2 cm³/mol. The molecule has 1 amide bonds. The fourth-order valence-corrected chi connectivity index (χ4v) is 2.77. The van der Waals surface area contributed by atoms with Gasteiger partial charge in [-0.1, -0.05) is 38.2 Å². The third-order valence-electron chi connectivity index (χ3n) is 3.93. The van der Waals surface area contributed by atoms with E-state index in [4.69, 9.17) is 10.5 Å². The maximum Gasteiger partial charge on any atom is 0.223 e. The number of nitrogen functional groups attached to an aromatic ring is 1. The zero-order chi connectivity index (χ0) is 14.9. The monoisotopic (exact) mass is 290 g/mol. The average Bonchev–Trinajstić information content (AvgIpc) is 2.42. The van der Waals surface area contributed by atoms with Crippen LogP contribution in [0.1, 0.15) is 51.4 Å². The van der Waals surface area contributed by atoms with E-state index in [1.807, 2.05) is 18.2 Å². The Morgan fingerprint density at radius 3 is 2.62 bits per heavy atom. The zero-order valence-corrected chi connectivity index (χ0v) is 12.6. The number of rotatable bonds is 5. The number of nitrogens with two attached hydrogens (primary N) is 1. The summed E-state index contributed by atoms with van der Waals surface area (Å²) < 4.78 is 5.55. The van der Waals surface area contributed by atoms with E-state index in [2.05, 4.69) is 5.32 Å². The lowest BCUT2D eigenvalue weighted by Gasteiger charge is -2.21. The molecule has 1 saturated carbocycles. The van der Waals surface area contributed by atoms with E-state index in [1.54, 1.807) is 6.07 Å². The molecular formula is C17H26N2O2. The highest BCUT2D eigenvalue weighted by Crippen LogP contribution is 2.17. The third-order valence-corrected chi connectivity index (χ3v) is 3.93. The van der Waals surface area contributed by atoms with Crippen LogP contribution < -0.4 is 15.8 Å². The zero-order valence-electron chi connectivity index (χ0n) is 12.6. The molecule has 1 aromatic rings. The smallest absolute Gasteiger partial charge is 0.223 e. The van der Waals surface area contributed by atoms with E-state index in [1.165, 1.54) is 32.1 Å². The molecular weight excluding hydrogens is 264 g/mol. The number of carbonyl (C=O) groups excluding carboxylic acids is 1. The minimum absolute atomic E-state index is 0.0875. The van der Waals surface area contributed by atoms with Gasteiger partial charge in [-0.3, -0.25) is 4.79 Å². The van der Waals surface area contributed by atoms with Crippen molar-refractivity contribution in [3.8, 4) is 5.75 Å². The number of anilines is 1. The summed E-state index contributed by atoms with van der Waals surface area (Å²) in [4.78, 5) is 12.0. The summed E-state index contributed by atoms with van der Waals surface area (Å²) >= 11 is 0. The SMILES string of the molecule is Nc1cccc(OCCC(=O)NC2CCCCCCC2)c1. The Balaban J connectivity index is 1.66. The Morgan fingerprint density at radius 1 is 1.19 bits per heavy atom. The number of benzene rings is 1. The van der Waals surface area contributed by atoms with Crippen LogP contribution in [0.2, 0.25) is 0 Å². The Morgan fingerprint density at radius 2 is 1.90 bits per heavy atom. The van der Waals surface area contributed by atoms with E-state index in [-0.39, 0.29) is 5.91 Å². The maximum absolute atomic E-state index is 12.0. The minimum atomic E-state index is 0.0875. The van der Waals surface area contributed by atoms with Crippen molar-refractivity contribution < 1.29 is 9.53 Å². The quantitative estimate of drug-likeness (QED) is 0.818. The summed E-state index contributed by atoms with van der Waals surface area (Å²) in [6.45, 7) is 0.391. The molecule has 0 bridgehead atoms. The first-order valence-electron chi connectivity index (χ1n) is 8.02. The molecule has 1 fully saturated rings. The van der Waals surface area contributed by atoms with Crippen LogP contribution in [0.5, 0.6) is 5.75 Å². The molecule has 0 radical (unpaired) electrons. The molecule has 1 aromatic carbocycles. The van der Waals surface area contributed by atoms with Crippen molar-refractivity contribution >= 4 is 11.6 Å². The molecule has 2 rings (SSSR count). The normalized spacial score (nSPS) is 16.8. The van der Waals surface area contributed by atoms with Crippen LogP contribution in [-0.4, -0.2) is 18.6 Å². The lowest BCUT2D eigenvalue weighted by Crippen LogP contribution is -2.35. The van der Waals surface area contributed by atoms with Crippen molar-refractivity contribution in [1.29, 1.82) is 0 Å². The second-order valence-electron chi connectivity index (χ2n) is 5.78. The first-order chi connectivity index (χ1) is 10.2. The number of amides is 1. The van der Waals surface area contributed by atoms with E-state index in [9.17, 15) is 4.79 Å². The van der Waals surface area contributed by atoms with Gasteiger partial charge in [0.25, 0.3) is 0 Å². The minimum Gasteiger partial charge on any atom is -0.493 e. The summed E-state index contributed by atoms with van der Waals surface area (Å²) in [5, 5.41) is 3.14. The fourth-order valence-electron chi connectivity index (χ4n) is 2.77. The highest BCUT2D eigenvalue weighted by Gasteiger charge is 2.13. The summed E-state index contributed by atoms with van der Waals surface area (Å²) in [5.41, 5.74) is 6.35. The molecule has 0 saturated heterocycles. The summed E-state index contributed by atoms with van der Waals surface area (Å²) in [6.07, 6.45) is 9.01.